The van der Waals surface area contributed by atoms with E-state index in [0.717, 1.165) is 23.4 Å². The maximum Gasteiger partial charge on any atom is 0.240 e. The summed E-state index contributed by atoms with van der Waals surface area (Å²) < 4.78 is 29.5. The minimum Gasteiger partial charge on any atom is -0.493 e. The Morgan fingerprint density at radius 2 is 1.81 bits per heavy atom. The summed E-state index contributed by atoms with van der Waals surface area (Å²) in [4.78, 5) is 18.6. The van der Waals surface area contributed by atoms with Crippen molar-refractivity contribution in [3.63, 3.8) is 0 Å². The summed E-state index contributed by atoms with van der Waals surface area (Å²) in [5.74, 6) is 1.29. The van der Waals surface area contributed by atoms with Gasteiger partial charge in [0.2, 0.25) is 5.91 Å². The van der Waals surface area contributed by atoms with Gasteiger partial charge in [-0.15, -0.1) is 11.8 Å². The number of methoxy groups -OCH3 is 2. The summed E-state index contributed by atoms with van der Waals surface area (Å²) >= 11 is 1.71. The van der Waals surface area contributed by atoms with Crippen LogP contribution < -0.4 is 9.47 Å². The molecule has 4 rings (SSSR count). The van der Waals surface area contributed by atoms with Crippen molar-refractivity contribution in [3.8, 4) is 11.5 Å². The molecule has 2 aliphatic heterocycles. The number of carbonyl (C=O) groups excluding carboxylic acids is 1. The summed E-state index contributed by atoms with van der Waals surface area (Å²) in [5, 5.41) is 0.246. The second-order valence-corrected chi connectivity index (χ2v) is 9.38. The molecule has 2 fully saturated rings. The van der Waals surface area contributed by atoms with Crippen LogP contribution in [-0.2, 0) is 16.1 Å². The summed E-state index contributed by atoms with van der Waals surface area (Å²) in [6.45, 7) is 3.85. The van der Waals surface area contributed by atoms with Gasteiger partial charge in [-0.1, -0.05) is 6.07 Å². The second kappa shape index (κ2) is 10.6. The minimum atomic E-state index is -0.240. The van der Waals surface area contributed by atoms with Gasteiger partial charge in [0.25, 0.3) is 0 Å². The van der Waals surface area contributed by atoms with Crippen LogP contribution in [0.5, 0.6) is 11.5 Å². The Morgan fingerprint density at radius 3 is 2.50 bits per heavy atom. The molecule has 0 N–H and O–H groups in total. The number of benzene rings is 2. The first-order valence-corrected chi connectivity index (χ1v) is 11.7. The van der Waals surface area contributed by atoms with Crippen molar-refractivity contribution in [1.29, 1.82) is 0 Å². The first-order chi connectivity index (χ1) is 15.6. The number of nitrogens with zero attached hydrogens (tertiary/aromatic N) is 2. The van der Waals surface area contributed by atoms with Crippen molar-refractivity contribution in [2.75, 3.05) is 47.1 Å². The molecule has 0 radical (unpaired) electrons. The predicted octanol–water partition coefficient (Wildman–Crippen LogP) is 3.44. The smallest absolute Gasteiger partial charge is 0.240 e. The zero-order valence-electron chi connectivity index (χ0n) is 18.5. The summed E-state index contributed by atoms with van der Waals surface area (Å²) in [6.07, 6.45) is 0.755. The molecule has 2 aromatic rings. The zero-order valence-corrected chi connectivity index (χ0v) is 19.3. The molecule has 2 aliphatic rings. The third kappa shape index (κ3) is 5.36. The largest absolute Gasteiger partial charge is 0.493 e. The fraction of sp³-hybridized carbons (Fsp3) is 0.458. The first kappa shape index (κ1) is 22.9. The van der Waals surface area contributed by atoms with Gasteiger partial charge in [-0.25, -0.2) is 4.39 Å². The molecule has 2 aromatic carbocycles. The average molecular weight is 461 g/mol. The molecule has 2 heterocycles. The number of thioether (sulfide) groups is 1. The highest BCUT2D eigenvalue weighted by Gasteiger charge is 2.39. The topological polar surface area (TPSA) is 51.2 Å². The van der Waals surface area contributed by atoms with Crippen LogP contribution in [0.1, 0.15) is 12.0 Å². The Bertz CT molecular complexity index is 921. The van der Waals surface area contributed by atoms with Crippen LogP contribution >= 0.6 is 11.8 Å². The number of amides is 1. The van der Waals surface area contributed by atoms with Gasteiger partial charge in [-0.2, -0.15) is 0 Å². The van der Waals surface area contributed by atoms with Gasteiger partial charge in [0, 0.05) is 36.3 Å². The molecule has 0 aliphatic carbocycles. The van der Waals surface area contributed by atoms with Crippen molar-refractivity contribution < 1.29 is 23.4 Å². The molecule has 2 atom stereocenters. The third-order valence-corrected chi connectivity index (χ3v) is 7.14. The lowest BCUT2D eigenvalue weighted by Crippen LogP contribution is -2.49. The van der Waals surface area contributed by atoms with E-state index in [4.69, 9.17) is 14.2 Å². The van der Waals surface area contributed by atoms with Gasteiger partial charge >= 0.3 is 0 Å². The number of ether oxygens (including phenoxy) is 3. The van der Waals surface area contributed by atoms with E-state index in [1.165, 1.54) is 12.1 Å². The van der Waals surface area contributed by atoms with Crippen molar-refractivity contribution in [2.24, 2.45) is 0 Å². The molecule has 6 nitrogen and oxygen atoms in total. The number of morpholine rings is 1. The predicted molar refractivity (Wildman–Crippen MR) is 122 cm³/mol. The standard InChI is InChI=1S/C24H29FN2O4S/c1-29-22-8-3-17(13-23(22)30-2)15-27-16-20(32-19-6-4-18(25)5-7-19)14-21(27)24(28)26-9-11-31-12-10-26/h3-8,13,20-21H,9-12,14-16H2,1-2H3/t20-,21+/m1/s1. The summed E-state index contributed by atoms with van der Waals surface area (Å²) in [5.41, 5.74) is 1.06. The van der Waals surface area contributed by atoms with Crippen molar-refractivity contribution in [3.05, 3.63) is 53.8 Å². The molecule has 0 bridgehead atoms. The normalized spacial score (nSPS) is 21.5. The number of likely N-dealkylation sites (tertiary alicyclic amines) is 1. The average Bonchev–Trinajstić information content (AvgIpc) is 3.22. The second-order valence-electron chi connectivity index (χ2n) is 8.00. The van der Waals surface area contributed by atoms with E-state index >= 15 is 0 Å². The van der Waals surface area contributed by atoms with E-state index in [1.54, 1.807) is 38.1 Å². The van der Waals surface area contributed by atoms with Crippen LogP contribution in [0, 0.1) is 5.82 Å². The van der Waals surface area contributed by atoms with Crippen molar-refractivity contribution >= 4 is 17.7 Å². The molecule has 0 saturated carbocycles. The molecule has 0 spiro atoms. The molecular weight excluding hydrogens is 431 g/mol. The van der Waals surface area contributed by atoms with Crippen LogP contribution in [0.4, 0.5) is 4.39 Å². The SMILES string of the molecule is COc1ccc(CN2C[C@H](Sc3ccc(F)cc3)C[C@H]2C(=O)N2CCOCC2)cc1OC. The van der Waals surface area contributed by atoms with Crippen LogP contribution in [0.25, 0.3) is 0 Å². The maximum atomic E-state index is 13.4. The zero-order chi connectivity index (χ0) is 22.5. The van der Waals surface area contributed by atoms with Crippen molar-refractivity contribution in [1.82, 2.24) is 9.80 Å². The lowest BCUT2D eigenvalue weighted by Gasteiger charge is -2.32. The Kier molecular flexibility index (Phi) is 7.55. The third-order valence-electron chi connectivity index (χ3n) is 5.92. The van der Waals surface area contributed by atoms with Crippen LogP contribution in [0.3, 0.4) is 0 Å². The van der Waals surface area contributed by atoms with Gasteiger partial charge in [0.05, 0.1) is 33.5 Å². The highest BCUT2D eigenvalue weighted by atomic mass is 32.2. The quantitative estimate of drug-likeness (QED) is 0.631. The Hall–Kier alpha value is -2.29. The molecule has 1 amide bonds. The lowest BCUT2D eigenvalue weighted by molar-refractivity contribution is -0.140. The molecule has 172 valence electrons. The number of rotatable bonds is 7. The Balaban J connectivity index is 1.52. The number of hydrogen-bond acceptors (Lipinski definition) is 6. The number of carbonyl (C=O) groups is 1. The summed E-state index contributed by atoms with van der Waals surface area (Å²) in [7, 11) is 3.24. The first-order valence-electron chi connectivity index (χ1n) is 10.8. The highest BCUT2D eigenvalue weighted by molar-refractivity contribution is 8.00. The Morgan fingerprint density at radius 1 is 1.09 bits per heavy atom. The van der Waals surface area contributed by atoms with Gasteiger partial charge < -0.3 is 19.1 Å². The minimum absolute atomic E-state index is 0.163. The molecule has 0 unspecified atom stereocenters. The van der Waals surface area contributed by atoms with E-state index in [9.17, 15) is 9.18 Å². The van der Waals surface area contributed by atoms with Gasteiger partial charge in [-0.3, -0.25) is 9.69 Å². The number of halogens is 1. The maximum absolute atomic E-state index is 13.4. The van der Waals surface area contributed by atoms with Gasteiger partial charge in [0.1, 0.15) is 5.82 Å². The van der Waals surface area contributed by atoms with Crippen molar-refractivity contribution in [2.45, 2.75) is 29.2 Å². The van der Waals surface area contributed by atoms with Crippen LogP contribution in [0.2, 0.25) is 0 Å². The monoisotopic (exact) mass is 460 g/mol. The van der Waals surface area contributed by atoms with E-state index in [-0.39, 0.29) is 23.0 Å². The van der Waals surface area contributed by atoms with E-state index in [0.29, 0.717) is 44.3 Å². The Labute approximate surface area is 192 Å². The highest BCUT2D eigenvalue weighted by Crippen LogP contribution is 2.35. The fourth-order valence-electron chi connectivity index (χ4n) is 4.29. The molecule has 2 saturated heterocycles. The summed E-state index contributed by atoms with van der Waals surface area (Å²) in [6, 6.07) is 12.2. The van der Waals surface area contributed by atoms with Gasteiger partial charge in [0.15, 0.2) is 11.5 Å². The van der Waals surface area contributed by atoms with E-state index in [1.807, 2.05) is 23.1 Å². The lowest BCUT2D eigenvalue weighted by atomic mass is 10.1. The molecule has 32 heavy (non-hydrogen) atoms. The fourth-order valence-corrected chi connectivity index (χ4v) is 5.51. The van der Waals surface area contributed by atoms with Gasteiger partial charge in [-0.05, 0) is 48.4 Å². The molecule has 8 heteroatoms. The molecule has 0 aromatic heterocycles. The number of hydrogen-bond donors (Lipinski definition) is 0. The molecular formula is C24H29FN2O4S. The van der Waals surface area contributed by atoms with E-state index in [2.05, 4.69) is 4.90 Å². The van der Waals surface area contributed by atoms with E-state index < -0.39 is 0 Å². The van der Waals surface area contributed by atoms with Crippen LogP contribution in [0.15, 0.2) is 47.4 Å². The van der Waals surface area contributed by atoms with Crippen LogP contribution in [-0.4, -0.2) is 74.1 Å².